The van der Waals surface area contributed by atoms with E-state index in [2.05, 4.69) is 0 Å². The van der Waals surface area contributed by atoms with E-state index in [0.29, 0.717) is 22.4 Å². The Morgan fingerprint density at radius 2 is 2.05 bits per heavy atom. The zero-order valence-electron chi connectivity index (χ0n) is 11.3. The van der Waals surface area contributed by atoms with Gasteiger partial charge in [-0.1, -0.05) is 18.2 Å². The second-order valence-electron chi connectivity index (χ2n) is 4.41. The molecule has 0 fully saturated rings. The summed E-state index contributed by atoms with van der Waals surface area (Å²) < 4.78 is 5.24. The van der Waals surface area contributed by atoms with Crippen molar-refractivity contribution in [1.29, 1.82) is 0 Å². The highest BCUT2D eigenvalue weighted by Crippen LogP contribution is 2.32. The van der Waals surface area contributed by atoms with E-state index in [-0.39, 0.29) is 12.1 Å². The van der Waals surface area contributed by atoms with Gasteiger partial charge in [0.15, 0.2) is 0 Å². The summed E-state index contributed by atoms with van der Waals surface area (Å²) in [6.07, 6.45) is -0.119. The average Bonchev–Trinajstić information content (AvgIpc) is 2.46. The Hall–Kier alpha value is -2.89. The van der Waals surface area contributed by atoms with Crippen LogP contribution in [0.15, 0.2) is 42.5 Å². The molecule has 0 aliphatic carbocycles. The maximum Gasteiger partial charge on any atom is 0.307 e. The number of hydrogen-bond acceptors (Lipinski definition) is 4. The quantitative estimate of drug-likeness (QED) is 0.674. The third-order valence-corrected chi connectivity index (χ3v) is 2.99. The lowest BCUT2D eigenvalue weighted by atomic mass is 10.00. The van der Waals surface area contributed by atoms with Crippen LogP contribution in [0.2, 0.25) is 0 Å². The number of nitro groups is 1. The van der Waals surface area contributed by atoms with Gasteiger partial charge in [-0.15, -0.1) is 0 Å². The van der Waals surface area contributed by atoms with Crippen LogP contribution in [0.4, 0.5) is 5.69 Å². The highest BCUT2D eigenvalue weighted by molar-refractivity contribution is 5.76. The zero-order valence-corrected chi connectivity index (χ0v) is 11.3. The van der Waals surface area contributed by atoms with Crippen molar-refractivity contribution in [3.8, 4) is 16.9 Å². The Kier molecular flexibility index (Phi) is 4.18. The van der Waals surface area contributed by atoms with Crippen molar-refractivity contribution < 1.29 is 19.6 Å². The molecule has 2 aromatic carbocycles. The number of rotatable bonds is 5. The van der Waals surface area contributed by atoms with E-state index < -0.39 is 10.9 Å². The lowest BCUT2D eigenvalue weighted by molar-refractivity contribution is -0.384. The lowest BCUT2D eigenvalue weighted by Gasteiger charge is -2.10. The smallest absolute Gasteiger partial charge is 0.307 e. The molecule has 6 heteroatoms. The van der Waals surface area contributed by atoms with Gasteiger partial charge >= 0.3 is 5.97 Å². The third-order valence-electron chi connectivity index (χ3n) is 2.99. The number of nitro benzene ring substituents is 1. The van der Waals surface area contributed by atoms with Crippen LogP contribution in [0.3, 0.4) is 0 Å². The van der Waals surface area contributed by atoms with Crippen LogP contribution in [0, 0.1) is 10.1 Å². The maximum absolute atomic E-state index is 10.8. The Morgan fingerprint density at radius 3 is 2.67 bits per heavy atom. The minimum Gasteiger partial charge on any atom is -0.496 e. The predicted octanol–water partition coefficient (Wildman–Crippen LogP) is 2.90. The monoisotopic (exact) mass is 287 g/mol. The number of aliphatic carboxylic acids is 1. The fourth-order valence-corrected chi connectivity index (χ4v) is 2.05. The molecule has 0 aromatic heterocycles. The van der Waals surface area contributed by atoms with E-state index in [9.17, 15) is 14.9 Å². The van der Waals surface area contributed by atoms with Crippen LogP contribution in [-0.2, 0) is 11.2 Å². The topological polar surface area (TPSA) is 89.7 Å². The second kappa shape index (κ2) is 6.04. The summed E-state index contributed by atoms with van der Waals surface area (Å²) in [4.78, 5) is 21.2. The molecule has 2 aromatic rings. The minimum absolute atomic E-state index is 0.0295. The summed E-state index contributed by atoms with van der Waals surface area (Å²) in [7, 11) is 1.49. The van der Waals surface area contributed by atoms with Gasteiger partial charge in [-0.2, -0.15) is 0 Å². The van der Waals surface area contributed by atoms with Crippen LogP contribution >= 0.6 is 0 Å². The Labute approximate surface area is 120 Å². The van der Waals surface area contributed by atoms with Gasteiger partial charge in [0.05, 0.1) is 18.5 Å². The Bertz CT molecular complexity index is 696. The first-order valence-electron chi connectivity index (χ1n) is 6.15. The van der Waals surface area contributed by atoms with Gasteiger partial charge in [0.25, 0.3) is 5.69 Å². The molecule has 21 heavy (non-hydrogen) atoms. The highest BCUT2D eigenvalue weighted by atomic mass is 16.6. The molecule has 0 aliphatic heterocycles. The molecule has 0 bridgehead atoms. The Morgan fingerprint density at radius 1 is 1.29 bits per heavy atom. The molecule has 0 unspecified atom stereocenters. The second-order valence-corrected chi connectivity index (χ2v) is 4.41. The normalized spacial score (nSPS) is 10.1. The van der Waals surface area contributed by atoms with E-state index in [1.54, 1.807) is 30.3 Å². The summed E-state index contributed by atoms with van der Waals surface area (Å²) >= 11 is 0. The van der Waals surface area contributed by atoms with Gasteiger partial charge in [0.1, 0.15) is 5.75 Å². The molecule has 108 valence electrons. The Balaban J connectivity index is 2.52. The molecule has 0 spiro atoms. The number of ether oxygens (including phenoxy) is 1. The molecule has 1 N–H and O–H groups in total. The number of hydrogen-bond donors (Lipinski definition) is 1. The summed E-state index contributed by atoms with van der Waals surface area (Å²) in [6, 6.07) is 11.1. The summed E-state index contributed by atoms with van der Waals surface area (Å²) in [6.45, 7) is 0. The van der Waals surface area contributed by atoms with E-state index in [0.717, 1.165) is 0 Å². The van der Waals surface area contributed by atoms with Crippen molar-refractivity contribution in [3.05, 3.63) is 58.1 Å². The largest absolute Gasteiger partial charge is 0.496 e. The lowest BCUT2D eigenvalue weighted by Crippen LogP contribution is -2.00. The van der Waals surface area contributed by atoms with Gasteiger partial charge in [0.2, 0.25) is 0 Å². The first-order chi connectivity index (χ1) is 10.0. The zero-order chi connectivity index (χ0) is 15.4. The van der Waals surface area contributed by atoms with Crippen LogP contribution < -0.4 is 4.74 Å². The predicted molar refractivity (Wildman–Crippen MR) is 76.4 cm³/mol. The number of carbonyl (C=O) groups is 1. The molecule has 0 aliphatic rings. The summed E-state index contributed by atoms with van der Waals surface area (Å²) in [5, 5.41) is 19.7. The highest BCUT2D eigenvalue weighted by Gasteiger charge is 2.12. The molecule has 2 rings (SSSR count). The van der Waals surface area contributed by atoms with Crippen molar-refractivity contribution in [2.75, 3.05) is 7.11 Å². The van der Waals surface area contributed by atoms with E-state index >= 15 is 0 Å². The SMILES string of the molecule is COc1ccc(CC(=O)O)cc1-c1cccc([N+](=O)[O-])c1. The molecule has 0 heterocycles. The van der Waals surface area contributed by atoms with Gasteiger partial charge in [-0.25, -0.2) is 0 Å². The van der Waals surface area contributed by atoms with Crippen LogP contribution in [-0.4, -0.2) is 23.1 Å². The summed E-state index contributed by atoms with van der Waals surface area (Å²) in [5.41, 5.74) is 1.80. The van der Waals surface area contributed by atoms with Crippen molar-refractivity contribution >= 4 is 11.7 Å². The molecule has 0 saturated carbocycles. The molecule has 0 atom stereocenters. The summed E-state index contributed by atoms with van der Waals surface area (Å²) in [5.74, 6) is -0.408. The fraction of sp³-hybridized carbons (Fsp3) is 0.133. The molecular weight excluding hydrogens is 274 g/mol. The molecule has 0 radical (unpaired) electrons. The molecule has 6 nitrogen and oxygen atoms in total. The van der Waals surface area contributed by atoms with Crippen LogP contribution in [0.25, 0.3) is 11.1 Å². The van der Waals surface area contributed by atoms with E-state index in [1.165, 1.54) is 19.2 Å². The van der Waals surface area contributed by atoms with Crippen molar-refractivity contribution in [2.45, 2.75) is 6.42 Å². The van der Waals surface area contributed by atoms with E-state index in [1.807, 2.05) is 0 Å². The maximum atomic E-state index is 10.8. The molecular formula is C15H13NO5. The molecule has 0 amide bonds. The number of nitrogens with zero attached hydrogens (tertiary/aromatic N) is 1. The number of non-ortho nitro benzene ring substituents is 1. The van der Waals surface area contributed by atoms with Crippen molar-refractivity contribution in [2.24, 2.45) is 0 Å². The minimum atomic E-state index is -0.940. The van der Waals surface area contributed by atoms with Crippen molar-refractivity contribution in [1.82, 2.24) is 0 Å². The van der Waals surface area contributed by atoms with Crippen LogP contribution in [0.5, 0.6) is 5.75 Å². The van der Waals surface area contributed by atoms with Crippen LogP contribution in [0.1, 0.15) is 5.56 Å². The van der Waals surface area contributed by atoms with Gasteiger partial charge in [-0.3, -0.25) is 14.9 Å². The molecule has 0 saturated heterocycles. The number of carboxylic acids is 1. The van der Waals surface area contributed by atoms with Gasteiger partial charge in [0, 0.05) is 17.7 Å². The van der Waals surface area contributed by atoms with Gasteiger partial charge < -0.3 is 9.84 Å². The van der Waals surface area contributed by atoms with E-state index in [4.69, 9.17) is 9.84 Å². The number of methoxy groups -OCH3 is 1. The third kappa shape index (κ3) is 3.36. The fourth-order valence-electron chi connectivity index (χ4n) is 2.05. The van der Waals surface area contributed by atoms with Gasteiger partial charge in [-0.05, 0) is 23.3 Å². The number of benzene rings is 2. The average molecular weight is 287 g/mol. The van der Waals surface area contributed by atoms with Crippen molar-refractivity contribution in [3.63, 3.8) is 0 Å². The first kappa shape index (κ1) is 14.5. The standard InChI is InChI=1S/C15H13NO5/c1-21-14-6-5-10(8-15(17)18)7-13(14)11-3-2-4-12(9-11)16(19)20/h2-7,9H,8H2,1H3,(H,17,18). The first-order valence-corrected chi connectivity index (χ1v) is 6.15. The number of carboxylic acid groups (broad SMARTS) is 1.